The fourth-order valence-electron chi connectivity index (χ4n) is 3.44. The van der Waals surface area contributed by atoms with Crippen LogP contribution in [0.5, 0.6) is 0 Å². The van der Waals surface area contributed by atoms with E-state index >= 15 is 0 Å². The van der Waals surface area contributed by atoms with Gasteiger partial charge in [-0.2, -0.15) is 0 Å². The first kappa shape index (κ1) is 11.5. The fraction of sp³-hybridized carbons (Fsp3) is 0.571. The summed E-state index contributed by atoms with van der Waals surface area (Å²) in [6.07, 6.45) is 9.66. The molecule has 4 rings (SSSR count). The summed E-state index contributed by atoms with van der Waals surface area (Å²) in [5.74, 6) is 0.545. The first-order chi connectivity index (χ1) is 9.33. The largest absolute Gasteiger partial charge is 0.346 e. The van der Waals surface area contributed by atoms with Crippen molar-refractivity contribution in [1.29, 1.82) is 0 Å². The highest BCUT2D eigenvalue weighted by molar-refractivity contribution is 7.13. The molecule has 3 aliphatic heterocycles. The Hall–Kier alpha value is -1.36. The third-order valence-corrected chi connectivity index (χ3v) is 5.32. The molecule has 100 valence electrons. The van der Waals surface area contributed by atoms with Gasteiger partial charge in [-0.05, 0) is 19.3 Å². The van der Waals surface area contributed by atoms with E-state index in [1.54, 1.807) is 11.3 Å². The maximum absolute atomic E-state index is 12.6. The third kappa shape index (κ3) is 1.79. The molecule has 0 aromatic carbocycles. The van der Waals surface area contributed by atoms with Crippen LogP contribution in [0.1, 0.15) is 19.3 Å². The molecule has 0 spiro atoms. The Labute approximate surface area is 116 Å². The Morgan fingerprint density at radius 3 is 3.00 bits per heavy atom. The minimum atomic E-state index is 0.179. The van der Waals surface area contributed by atoms with Gasteiger partial charge in [-0.15, -0.1) is 11.3 Å². The normalized spacial score (nSPS) is 29.7. The van der Waals surface area contributed by atoms with Crippen LogP contribution in [0, 0.1) is 5.92 Å². The van der Waals surface area contributed by atoms with Crippen molar-refractivity contribution >= 4 is 22.4 Å². The van der Waals surface area contributed by atoms with E-state index in [0.717, 1.165) is 31.1 Å². The van der Waals surface area contributed by atoms with Crippen LogP contribution < -0.4 is 4.90 Å². The number of carbonyl (C=O) groups is 1. The van der Waals surface area contributed by atoms with E-state index in [1.807, 2.05) is 11.6 Å². The molecule has 5 heteroatoms. The van der Waals surface area contributed by atoms with Gasteiger partial charge in [0.2, 0.25) is 5.91 Å². The number of rotatable bonds is 2. The lowest BCUT2D eigenvalue weighted by Gasteiger charge is -2.42. The van der Waals surface area contributed by atoms with Crippen molar-refractivity contribution in [3.8, 4) is 0 Å². The van der Waals surface area contributed by atoms with Gasteiger partial charge in [0.1, 0.15) is 0 Å². The van der Waals surface area contributed by atoms with Crippen LogP contribution in [-0.2, 0) is 4.79 Å². The van der Waals surface area contributed by atoms with Crippen molar-refractivity contribution in [2.75, 3.05) is 18.0 Å². The van der Waals surface area contributed by atoms with Crippen LogP contribution in [0.2, 0.25) is 0 Å². The zero-order valence-electron chi connectivity index (χ0n) is 10.7. The monoisotopic (exact) mass is 275 g/mol. The van der Waals surface area contributed by atoms with Gasteiger partial charge >= 0.3 is 0 Å². The minimum absolute atomic E-state index is 0.179. The summed E-state index contributed by atoms with van der Waals surface area (Å²) < 4.78 is 0. The fourth-order valence-corrected chi connectivity index (χ4v) is 4.11. The standard InChI is InChI=1S/C14H17N3OS/c18-13(17-11-2-1-3-12(17)5-4-11)10-8-16(9-10)14-15-6-7-19-14/h1-2,6-7,10-12H,3-5,8-9H2. The van der Waals surface area contributed by atoms with Crippen molar-refractivity contribution in [3.05, 3.63) is 23.7 Å². The average molecular weight is 275 g/mol. The third-order valence-electron chi connectivity index (χ3n) is 4.49. The predicted octanol–water partition coefficient (Wildman–Crippen LogP) is 1.90. The molecule has 1 aromatic rings. The smallest absolute Gasteiger partial charge is 0.230 e. The van der Waals surface area contributed by atoms with Crippen LogP contribution in [0.25, 0.3) is 0 Å². The molecule has 2 bridgehead atoms. The van der Waals surface area contributed by atoms with Gasteiger partial charge in [0, 0.05) is 30.7 Å². The van der Waals surface area contributed by atoms with Crippen LogP contribution in [0.4, 0.5) is 5.13 Å². The number of carbonyl (C=O) groups excluding carboxylic acids is 1. The van der Waals surface area contributed by atoms with Crippen molar-refractivity contribution in [2.45, 2.75) is 31.3 Å². The molecule has 2 unspecified atom stereocenters. The zero-order valence-corrected chi connectivity index (χ0v) is 11.6. The maximum Gasteiger partial charge on any atom is 0.230 e. The van der Waals surface area contributed by atoms with Gasteiger partial charge in [-0.1, -0.05) is 12.2 Å². The lowest BCUT2D eigenvalue weighted by Crippen LogP contribution is -2.57. The number of nitrogens with zero attached hydrogens (tertiary/aromatic N) is 3. The summed E-state index contributed by atoms with van der Waals surface area (Å²) >= 11 is 1.65. The lowest BCUT2D eigenvalue weighted by atomic mass is 9.97. The highest BCUT2D eigenvalue weighted by Crippen LogP contribution is 2.35. The van der Waals surface area contributed by atoms with E-state index in [2.05, 4.69) is 26.9 Å². The maximum atomic E-state index is 12.6. The van der Waals surface area contributed by atoms with Crippen molar-refractivity contribution in [1.82, 2.24) is 9.88 Å². The SMILES string of the molecule is O=C(C1CN(c2nccs2)C1)N1C2C=CCC1CC2. The molecule has 2 fully saturated rings. The Kier molecular flexibility index (Phi) is 2.62. The summed E-state index contributed by atoms with van der Waals surface area (Å²) in [5, 5.41) is 3.03. The van der Waals surface area contributed by atoms with Crippen LogP contribution in [0.15, 0.2) is 23.7 Å². The van der Waals surface area contributed by atoms with Crippen molar-refractivity contribution < 1.29 is 4.79 Å². The Morgan fingerprint density at radius 1 is 1.37 bits per heavy atom. The van der Waals surface area contributed by atoms with Gasteiger partial charge in [-0.3, -0.25) is 4.79 Å². The molecule has 0 saturated carbocycles. The van der Waals surface area contributed by atoms with Crippen LogP contribution in [0.3, 0.4) is 0 Å². The second kappa shape index (κ2) is 4.34. The summed E-state index contributed by atoms with van der Waals surface area (Å²) in [4.78, 5) is 21.3. The first-order valence-electron chi connectivity index (χ1n) is 6.96. The topological polar surface area (TPSA) is 36.4 Å². The highest BCUT2D eigenvalue weighted by atomic mass is 32.1. The van der Waals surface area contributed by atoms with Gasteiger partial charge in [0.05, 0.1) is 12.0 Å². The molecule has 3 aliphatic rings. The molecule has 2 atom stereocenters. The van der Waals surface area contributed by atoms with Crippen LogP contribution >= 0.6 is 11.3 Å². The molecule has 0 radical (unpaired) electrons. The minimum Gasteiger partial charge on any atom is -0.346 e. The number of hydrogen-bond acceptors (Lipinski definition) is 4. The van der Waals surface area contributed by atoms with E-state index in [4.69, 9.17) is 0 Å². The Bertz CT molecular complexity index is 507. The van der Waals surface area contributed by atoms with Gasteiger partial charge in [0.25, 0.3) is 0 Å². The molecular formula is C14H17N3OS. The summed E-state index contributed by atoms with van der Waals surface area (Å²) in [7, 11) is 0. The molecule has 4 heterocycles. The molecule has 1 amide bonds. The average Bonchev–Trinajstić information content (AvgIpc) is 2.95. The summed E-state index contributed by atoms with van der Waals surface area (Å²) in [5.41, 5.74) is 0. The molecular weight excluding hydrogens is 258 g/mol. The second-order valence-corrected chi connectivity index (χ2v) is 6.50. The zero-order chi connectivity index (χ0) is 12.8. The number of amides is 1. The van der Waals surface area contributed by atoms with E-state index < -0.39 is 0 Å². The number of fused-ring (bicyclic) bond motifs is 2. The molecule has 19 heavy (non-hydrogen) atoms. The van der Waals surface area contributed by atoms with E-state index in [-0.39, 0.29) is 5.92 Å². The molecule has 2 saturated heterocycles. The Balaban J connectivity index is 1.42. The number of anilines is 1. The summed E-state index contributed by atoms with van der Waals surface area (Å²) in [6, 6.07) is 0.844. The first-order valence-corrected chi connectivity index (χ1v) is 7.84. The van der Waals surface area contributed by atoms with Gasteiger partial charge in [-0.25, -0.2) is 4.98 Å². The quantitative estimate of drug-likeness (QED) is 0.774. The number of aromatic nitrogens is 1. The van der Waals surface area contributed by atoms with Crippen molar-refractivity contribution in [2.24, 2.45) is 5.92 Å². The summed E-state index contributed by atoms with van der Waals surface area (Å²) in [6.45, 7) is 1.68. The van der Waals surface area contributed by atoms with Crippen LogP contribution in [-0.4, -0.2) is 41.0 Å². The van der Waals surface area contributed by atoms with E-state index in [0.29, 0.717) is 18.0 Å². The molecule has 1 aromatic heterocycles. The lowest BCUT2D eigenvalue weighted by molar-refractivity contribution is -0.138. The van der Waals surface area contributed by atoms with E-state index in [9.17, 15) is 4.79 Å². The predicted molar refractivity (Wildman–Crippen MR) is 75.2 cm³/mol. The van der Waals surface area contributed by atoms with E-state index in [1.165, 1.54) is 6.42 Å². The molecule has 0 N–H and O–H groups in total. The Morgan fingerprint density at radius 2 is 2.26 bits per heavy atom. The second-order valence-electron chi connectivity index (χ2n) is 5.62. The van der Waals surface area contributed by atoms with Gasteiger partial charge < -0.3 is 9.80 Å². The molecule has 0 aliphatic carbocycles. The molecule has 4 nitrogen and oxygen atoms in total. The number of hydrogen-bond donors (Lipinski definition) is 0. The van der Waals surface area contributed by atoms with Crippen molar-refractivity contribution in [3.63, 3.8) is 0 Å². The highest BCUT2D eigenvalue weighted by Gasteiger charge is 2.43. The number of thiazole rings is 1. The van der Waals surface area contributed by atoms with Gasteiger partial charge in [0.15, 0.2) is 5.13 Å².